The Hall–Kier alpha value is -2.05. The summed E-state index contributed by atoms with van der Waals surface area (Å²) in [5.74, 6) is -1.23. The van der Waals surface area contributed by atoms with Gasteiger partial charge in [0, 0.05) is 38.3 Å². The van der Waals surface area contributed by atoms with E-state index in [9.17, 15) is 22.2 Å². The molecule has 1 aliphatic rings. The first kappa shape index (κ1) is 25.6. The summed E-state index contributed by atoms with van der Waals surface area (Å²) in [5, 5.41) is 1.01. The number of nitrogens with one attached hydrogen (secondary N) is 1. The Kier molecular flexibility index (Phi) is 8.46. The number of hydrogen-bond acceptors (Lipinski definition) is 4. The molecule has 1 atom stereocenters. The van der Waals surface area contributed by atoms with E-state index in [1.165, 1.54) is 11.0 Å². The molecule has 13 heteroatoms. The largest absolute Gasteiger partial charge is 0.573 e. The second-order valence-electron chi connectivity index (χ2n) is 7.21. The van der Waals surface area contributed by atoms with Crippen LogP contribution in [0.5, 0.6) is 5.75 Å². The maximum atomic E-state index is 12.8. The first-order valence-corrected chi connectivity index (χ1v) is 11.6. The van der Waals surface area contributed by atoms with Crippen molar-refractivity contribution in [2.24, 2.45) is 0 Å². The zero-order chi connectivity index (χ0) is 24.2. The third kappa shape index (κ3) is 7.21. The summed E-state index contributed by atoms with van der Waals surface area (Å²) in [5.41, 5.74) is 0.536. The van der Waals surface area contributed by atoms with E-state index in [0.717, 1.165) is 17.7 Å². The van der Waals surface area contributed by atoms with Crippen molar-refractivity contribution >= 4 is 46.1 Å². The Balaban J connectivity index is 1.62. The van der Waals surface area contributed by atoms with Gasteiger partial charge in [-0.25, -0.2) is 4.21 Å². The van der Waals surface area contributed by atoms with E-state index in [0.29, 0.717) is 49.2 Å². The molecule has 1 fully saturated rings. The lowest BCUT2D eigenvalue weighted by Gasteiger charge is -2.35. The van der Waals surface area contributed by atoms with Crippen LogP contribution in [0.3, 0.4) is 0 Å². The van der Waals surface area contributed by atoms with Gasteiger partial charge in [-0.2, -0.15) is 0 Å². The molecule has 7 nitrogen and oxygen atoms in total. The van der Waals surface area contributed by atoms with Crippen LogP contribution < -0.4 is 9.46 Å². The van der Waals surface area contributed by atoms with Gasteiger partial charge in [0.05, 0.1) is 15.7 Å². The molecule has 0 spiro atoms. The highest BCUT2D eigenvalue weighted by molar-refractivity contribution is 7.80. The first-order valence-electron chi connectivity index (χ1n) is 9.75. The fraction of sp³-hybridized carbons (Fsp3) is 0.350. The van der Waals surface area contributed by atoms with Gasteiger partial charge in [0.2, 0.25) is 0 Å². The summed E-state index contributed by atoms with van der Waals surface area (Å²) >= 11 is 9.64. The van der Waals surface area contributed by atoms with Crippen molar-refractivity contribution in [3.8, 4) is 5.75 Å². The molecular weight excluding hydrogens is 506 g/mol. The molecule has 180 valence electrons. The number of ether oxygens (including phenoxy) is 1. The maximum absolute atomic E-state index is 12.8. The van der Waals surface area contributed by atoms with Gasteiger partial charge < -0.3 is 9.64 Å². The quantitative estimate of drug-likeness (QED) is 0.522. The Morgan fingerprint density at radius 3 is 2.48 bits per heavy atom. The van der Waals surface area contributed by atoms with Crippen LogP contribution in [0.25, 0.3) is 0 Å². The molecule has 3 rings (SSSR count). The van der Waals surface area contributed by atoms with Crippen molar-refractivity contribution in [2.45, 2.75) is 12.8 Å². The molecule has 1 unspecified atom stereocenters. The van der Waals surface area contributed by atoms with E-state index in [2.05, 4.69) is 9.64 Å². The highest BCUT2D eigenvalue weighted by atomic mass is 35.5. The van der Waals surface area contributed by atoms with Gasteiger partial charge in [-0.3, -0.25) is 19.0 Å². The van der Waals surface area contributed by atoms with Crippen LogP contribution >= 0.6 is 23.2 Å². The predicted molar refractivity (Wildman–Crippen MR) is 120 cm³/mol. The van der Waals surface area contributed by atoms with Crippen LogP contribution in [-0.2, 0) is 17.7 Å². The number of halogens is 5. The van der Waals surface area contributed by atoms with Crippen LogP contribution in [0.2, 0.25) is 10.0 Å². The van der Waals surface area contributed by atoms with Gasteiger partial charge in [0.15, 0.2) is 5.75 Å². The molecule has 2 N–H and O–H groups in total. The van der Waals surface area contributed by atoms with Crippen LogP contribution in [0.4, 0.5) is 18.9 Å². The molecule has 1 heterocycles. The van der Waals surface area contributed by atoms with Gasteiger partial charge in [-0.1, -0.05) is 35.3 Å². The molecule has 2 aromatic carbocycles. The molecule has 1 aliphatic heterocycles. The number of piperazine rings is 1. The summed E-state index contributed by atoms with van der Waals surface area (Å²) in [6, 6.07) is 8.71. The van der Waals surface area contributed by atoms with Gasteiger partial charge in [-0.15, -0.1) is 13.2 Å². The summed E-state index contributed by atoms with van der Waals surface area (Å²) < 4.78 is 63.9. The average molecular weight is 526 g/mol. The molecule has 0 aromatic heterocycles. The second-order valence-corrected chi connectivity index (χ2v) is 8.69. The smallest absolute Gasteiger partial charge is 0.404 e. The number of nitrogens with zero attached hydrogens (tertiary/aromatic N) is 2. The standard InChI is InChI=1S/C20H20Cl2F3N3O4S/c21-15-3-1-2-13(18(15)22)6-7-27-8-10-28(11-9-27)19(29)14-4-5-16(26-33(30)31)17(12-14)32-20(23,24)25/h1-5,12,26H,6-11H2,(H,30,31). The second kappa shape index (κ2) is 10.9. The predicted octanol–water partition coefficient (Wildman–Crippen LogP) is 4.44. The number of rotatable bonds is 7. The Morgan fingerprint density at radius 2 is 1.85 bits per heavy atom. The van der Waals surface area contributed by atoms with Crippen molar-refractivity contribution in [1.29, 1.82) is 0 Å². The monoisotopic (exact) mass is 525 g/mol. The maximum Gasteiger partial charge on any atom is 0.573 e. The van der Waals surface area contributed by atoms with Crippen LogP contribution in [0.1, 0.15) is 15.9 Å². The van der Waals surface area contributed by atoms with Crippen molar-refractivity contribution in [3.63, 3.8) is 0 Å². The van der Waals surface area contributed by atoms with Gasteiger partial charge in [0.25, 0.3) is 17.2 Å². The third-order valence-electron chi connectivity index (χ3n) is 5.04. The summed E-state index contributed by atoms with van der Waals surface area (Å²) in [7, 11) is 0. The lowest BCUT2D eigenvalue weighted by atomic mass is 10.1. The Labute approximate surface area is 200 Å². The molecule has 0 bridgehead atoms. The minimum absolute atomic E-state index is 0.0253. The summed E-state index contributed by atoms with van der Waals surface area (Å²) in [6.45, 7) is 2.65. The van der Waals surface area contributed by atoms with E-state index in [-0.39, 0.29) is 11.3 Å². The van der Waals surface area contributed by atoms with Crippen molar-refractivity contribution in [2.75, 3.05) is 37.4 Å². The van der Waals surface area contributed by atoms with Crippen LogP contribution in [0, 0.1) is 0 Å². The first-order chi connectivity index (χ1) is 15.5. The summed E-state index contributed by atoms with van der Waals surface area (Å²) in [6.07, 6.45) is -4.35. The molecule has 0 aliphatic carbocycles. The number of carbonyl (C=O) groups is 1. The van der Waals surface area contributed by atoms with Gasteiger partial charge in [-0.05, 0) is 36.2 Å². The SMILES string of the molecule is O=C(c1ccc(NS(=O)O)c(OC(F)(F)F)c1)N1CCN(CCc2cccc(Cl)c2Cl)CC1. The number of anilines is 1. The zero-order valence-electron chi connectivity index (χ0n) is 17.1. The molecule has 1 amide bonds. The number of alkyl halides is 3. The van der Waals surface area contributed by atoms with Crippen LogP contribution in [-0.4, -0.2) is 63.6 Å². The lowest BCUT2D eigenvalue weighted by Crippen LogP contribution is -2.49. The fourth-order valence-electron chi connectivity index (χ4n) is 3.42. The normalized spacial score (nSPS) is 15.9. The Bertz CT molecular complexity index is 1030. The van der Waals surface area contributed by atoms with Gasteiger partial charge >= 0.3 is 6.36 Å². The average Bonchev–Trinajstić information content (AvgIpc) is 2.74. The number of amides is 1. The molecule has 2 aromatic rings. The van der Waals surface area contributed by atoms with Gasteiger partial charge in [0.1, 0.15) is 0 Å². The molecular formula is C20H20Cl2F3N3O4S. The Morgan fingerprint density at radius 1 is 1.15 bits per heavy atom. The van der Waals surface area contributed by atoms with E-state index >= 15 is 0 Å². The minimum Gasteiger partial charge on any atom is -0.404 e. The van der Waals surface area contributed by atoms with E-state index < -0.39 is 29.3 Å². The number of carbonyl (C=O) groups excluding carboxylic acids is 1. The van der Waals surface area contributed by atoms with E-state index in [4.69, 9.17) is 27.8 Å². The van der Waals surface area contributed by atoms with E-state index in [1.807, 2.05) is 16.9 Å². The molecule has 1 saturated heterocycles. The van der Waals surface area contributed by atoms with Crippen molar-refractivity contribution in [3.05, 3.63) is 57.6 Å². The number of hydrogen-bond donors (Lipinski definition) is 2. The minimum atomic E-state index is -5.04. The van der Waals surface area contributed by atoms with Crippen molar-refractivity contribution in [1.82, 2.24) is 9.80 Å². The molecule has 0 saturated carbocycles. The van der Waals surface area contributed by atoms with E-state index in [1.54, 1.807) is 6.07 Å². The van der Waals surface area contributed by atoms with Crippen LogP contribution in [0.15, 0.2) is 36.4 Å². The van der Waals surface area contributed by atoms with Crippen molar-refractivity contribution < 1.29 is 31.5 Å². The highest BCUT2D eigenvalue weighted by Crippen LogP contribution is 2.32. The summed E-state index contributed by atoms with van der Waals surface area (Å²) in [4.78, 5) is 16.5. The fourth-order valence-corrected chi connectivity index (χ4v) is 4.19. The topological polar surface area (TPSA) is 82.1 Å². The zero-order valence-corrected chi connectivity index (χ0v) is 19.4. The highest BCUT2D eigenvalue weighted by Gasteiger charge is 2.33. The third-order valence-corrected chi connectivity index (χ3v) is 6.29. The lowest BCUT2D eigenvalue weighted by molar-refractivity contribution is -0.274. The molecule has 0 radical (unpaired) electrons. The molecule has 33 heavy (non-hydrogen) atoms. The number of benzene rings is 2.